The zero-order chi connectivity index (χ0) is 22.8. The molecule has 1 aromatic heterocycles. The van der Waals surface area contributed by atoms with E-state index in [9.17, 15) is 10.1 Å². The lowest BCUT2D eigenvalue weighted by Gasteiger charge is -2.46. The summed E-state index contributed by atoms with van der Waals surface area (Å²) in [6.45, 7) is 3.54. The van der Waals surface area contributed by atoms with E-state index >= 15 is 0 Å². The molecule has 3 aromatic rings. The molecule has 9 nitrogen and oxygen atoms in total. The Hall–Kier alpha value is -3.61. The molecule has 1 amide bonds. The van der Waals surface area contributed by atoms with Gasteiger partial charge in [0, 0.05) is 26.2 Å². The van der Waals surface area contributed by atoms with Gasteiger partial charge in [-0.1, -0.05) is 18.2 Å². The number of nitriles is 1. The quantitative estimate of drug-likeness (QED) is 0.643. The number of ether oxygens (including phenoxy) is 2. The molecule has 0 radical (unpaired) electrons. The number of nitrogens with zero attached hydrogens (tertiary/aromatic N) is 5. The highest BCUT2D eigenvalue weighted by atomic mass is 16.5. The first-order chi connectivity index (χ1) is 16.1. The number of benzene rings is 2. The highest BCUT2D eigenvalue weighted by Gasteiger charge is 2.35. The lowest BCUT2D eigenvalue weighted by Crippen LogP contribution is -2.59. The van der Waals surface area contributed by atoms with Crippen LogP contribution in [-0.4, -0.2) is 76.6 Å². The van der Waals surface area contributed by atoms with E-state index in [-0.39, 0.29) is 18.1 Å². The number of hydrogen-bond donors (Lipinski definition) is 1. The van der Waals surface area contributed by atoms with Crippen LogP contribution in [0, 0.1) is 11.3 Å². The molecule has 2 aliphatic rings. The molecule has 33 heavy (non-hydrogen) atoms. The van der Waals surface area contributed by atoms with Gasteiger partial charge in [0.1, 0.15) is 18.1 Å². The molecule has 2 fully saturated rings. The number of hydrogen-bond acceptors (Lipinski definition) is 6. The summed E-state index contributed by atoms with van der Waals surface area (Å²) in [7, 11) is 1.57. The maximum absolute atomic E-state index is 12.9. The molecule has 5 rings (SSSR count). The molecule has 1 N–H and O–H groups in total. The number of morpholine rings is 1. The summed E-state index contributed by atoms with van der Waals surface area (Å²) in [6, 6.07) is 15.9. The Morgan fingerprint density at radius 3 is 2.76 bits per heavy atom. The molecule has 0 aliphatic carbocycles. The average Bonchev–Trinajstić information content (AvgIpc) is 2.83. The van der Waals surface area contributed by atoms with E-state index in [4.69, 9.17) is 9.47 Å². The van der Waals surface area contributed by atoms with Crippen molar-refractivity contribution in [2.45, 2.75) is 18.6 Å². The Morgan fingerprint density at radius 1 is 1.24 bits per heavy atom. The minimum absolute atomic E-state index is 0.0744. The van der Waals surface area contributed by atoms with Crippen LogP contribution in [0.3, 0.4) is 0 Å². The van der Waals surface area contributed by atoms with E-state index in [1.807, 2.05) is 46.0 Å². The van der Waals surface area contributed by atoms with Crippen LogP contribution in [0.25, 0.3) is 5.69 Å². The maximum Gasteiger partial charge on any atom is 0.227 e. The molecule has 3 heterocycles. The van der Waals surface area contributed by atoms with Crippen molar-refractivity contribution in [3.63, 3.8) is 0 Å². The molecule has 0 unspecified atom stereocenters. The number of amides is 1. The van der Waals surface area contributed by atoms with Gasteiger partial charge in [0.2, 0.25) is 5.91 Å². The van der Waals surface area contributed by atoms with Crippen molar-refractivity contribution in [2.75, 3.05) is 39.9 Å². The predicted octanol–water partition coefficient (Wildman–Crippen LogP) is 1.91. The molecule has 2 saturated heterocycles. The number of piperazine rings is 1. The SMILES string of the molecule is COc1cc([C@H]2CN3CCN(C(=O)Cc4ccc(-n5cn[nH]5)cc4)C[C@@H]3CO2)ccc1C#N. The Balaban J connectivity index is 1.17. The van der Waals surface area contributed by atoms with Gasteiger partial charge >= 0.3 is 0 Å². The highest BCUT2D eigenvalue weighted by molar-refractivity contribution is 5.79. The van der Waals surface area contributed by atoms with Crippen molar-refractivity contribution >= 4 is 5.91 Å². The van der Waals surface area contributed by atoms with Crippen LogP contribution < -0.4 is 4.74 Å². The van der Waals surface area contributed by atoms with E-state index in [0.717, 1.165) is 29.9 Å². The molecule has 2 aliphatic heterocycles. The number of aromatic nitrogens is 3. The Bertz CT molecular complexity index is 1150. The summed E-state index contributed by atoms with van der Waals surface area (Å²) < 4.78 is 13.3. The van der Waals surface area contributed by atoms with Gasteiger partial charge < -0.3 is 14.4 Å². The second-order valence-electron chi connectivity index (χ2n) is 8.44. The second kappa shape index (κ2) is 9.10. The third-order valence-corrected chi connectivity index (χ3v) is 6.47. The van der Waals surface area contributed by atoms with Crippen LogP contribution in [0.1, 0.15) is 22.8 Å². The van der Waals surface area contributed by atoms with Crippen molar-refractivity contribution in [1.82, 2.24) is 24.8 Å². The van der Waals surface area contributed by atoms with Gasteiger partial charge in [0.15, 0.2) is 0 Å². The largest absolute Gasteiger partial charge is 0.495 e. The zero-order valence-corrected chi connectivity index (χ0v) is 18.5. The van der Waals surface area contributed by atoms with Gasteiger partial charge in [-0.05, 0) is 35.4 Å². The summed E-state index contributed by atoms with van der Waals surface area (Å²) in [5.74, 6) is 0.712. The van der Waals surface area contributed by atoms with Crippen molar-refractivity contribution in [3.8, 4) is 17.5 Å². The highest BCUT2D eigenvalue weighted by Crippen LogP contribution is 2.30. The topological polar surface area (TPSA) is 99.4 Å². The lowest BCUT2D eigenvalue weighted by molar-refractivity contribution is -0.139. The van der Waals surface area contributed by atoms with Gasteiger partial charge in [-0.3, -0.25) is 9.69 Å². The van der Waals surface area contributed by atoms with E-state index in [1.54, 1.807) is 19.5 Å². The number of aromatic amines is 1. The minimum Gasteiger partial charge on any atom is -0.495 e. The molecule has 9 heteroatoms. The summed E-state index contributed by atoms with van der Waals surface area (Å²) in [5.41, 5.74) is 3.51. The monoisotopic (exact) mass is 446 g/mol. The van der Waals surface area contributed by atoms with Crippen molar-refractivity contribution in [1.29, 1.82) is 5.26 Å². The van der Waals surface area contributed by atoms with Crippen LogP contribution in [0.2, 0.25) is 0 Å². The van der Waals surface area contributed by atoms with Crippen LogP contribution in [0.4, 0.5) is 0 Å². The summed E-state index contributed by atoms with van der Waals surface area (Å²) in [6.07, 6.45) is 2.02. The van der Waals surface area contributed by atoms with Crippen LogP contribution in [0.5, 0.6) is 5.75 Å². The third kappa shape index (κ3) is 4.35. The van der Waals surface area contributed by atoms with Gasteiger partial charge in [0.05, 0.1) is 43.5 Å². The van der Waals surface area contributed by atoms with Crippen molar-refractivity contribution in [2.24, 2.45) is 0 Å². The number of H-pyrrole nitrogens is 1. The number of nitrogens with one attached hydrogen (secondary N) is 1. The molecule has 0 bridgehead atoms. The van der Waals surface area contributed by atoms with E-state index in [0.29, 0.717) is 37.4 Å². The molecule has 0 saturated carbocycles. The first kappa shape index (κ1) is 21.2. The Labute approximate surface area is 192 Å². The smallest absolute Gasteiger partial charge is 0.227 e. The van der Waals surface area contributed by atoms with Gasteiger partial charge in [-0.2, -0.15) is 5.26 Å². The molecule has 170 valence electrons. The first-order valence-corrected chi connectivity index (χ1v) is 11.0. The Morgan fingerprint density at radius 2 is 2.06 bits per heavy atom. The summed E-state index contributed by atoms with van der Waals surface area (Å²) in [4.78, 5) is 17.3. The Kier molecular flexibility index (Phi) is 5.86. The zero-order valence-electron chi connectivity index (χ0n) is 18.5. The van der Waals surface area contributed by atoms with Gasteiger partial charge in [-0.25, -0.2) is 9.90 Å². The molecule has 2 aromatic carbocycles. The molecular weight excluding hydrogens is 420 g/mol. The normalized spacial score (nSPS) is 20.8. The fourth-order valence-corrected chi connectivity index (χ4v) is 4.51. The lowest BCUT2D eigenvalue weighted by atomic mass is 10.0. The van der Waals surface area contributed by atoms with Gasteiger partial charge in [-0.15, -0.1) is 5.10 Å². The summed E-state index contributed by atoms with van der Waals surface area (Å²) >= 11 is 0. The first-order valence-electron chi connectivity index (χ1n) is 11.0. The fraction of sp³-hybridized carbons (Fsp3) is 0.375. The van der Waals surface area contributed by atoms with Crippen LogP contribution in [0.15, 0.2) is 48.8 Å². The molecular formula is C24H26N6O3. The van der Waals surface area contributed by atoms with Crippen molar-refractivity contribution in [3.05, 3.63) is 65.5 Å². The fourth-order valence-electron chi connectivity index (χ4n) is 4.51. The maximum atomic E-state index is 12.9. The standard InChI is InChI=1S/C24H26N6O3/c1-32-22-11-18(4-5-19(22)12-25)23-14-28-8-9-29(13-21(28)15-33-23)24(31)10-17-2-6-20(7-3-17)30-16-26-27-30/h2-7,11,16,21,23,27H,8-10,13-15H2,1H3/t21-,23-/m1/s1. The summed E-state index contributed by atoms with van der Waals surface area (Å²) in [5, 5.41) is 15.9. The number of methoxy groups -OCH3 is 1. The van der Waals surface area contributed by atoms with Crippen LogP contribution in [-0.2, 0) is 16.0 Å². The predicted molar refractivity (Wildman–Crippen MR) is 120 cm³/mol. The number of carbonyl (C=O) groups excluding carboxylic acids is 1. The van der Waals surface area contributed by atoms with Crippen LogP contribution >= 0.6 is 0 Å². The average molecular weight is 447 g/mol. The van der Waals surface area contributed by atoms with E-state index < -0.39 is 0 Å². The second-order valence-corrected chi connectivity index (χ2v) is 8.44. The van der Waals surface area contributed by atoms with Crippen molar-refractivity contribution < 1.29 is 14.3 Å². The van der Waals surface area contributed by atoms with E-state index in [2.05, 4.69) is 21.3 Å². The number of rotatable bonds is 5. The van der Waals surface area contributed by atoms with E-state index in [1.165, 1.54) is 0 Å². The third-order valence-electron chi connectivity index (χ3n) is 6.47. The molecule has 2 atom stereocenters. The molecule has 0 spiro atoms. The number of fused-ring (bicyclic) bond motifs is 1. The minimum atomic E-state index is -0.0744. The number of carbonyl (C=O) groups is 1. The van der Waals surface area contributed by atoms with Gasteiger partial charge in [0.25, 0.3) is 0 Å².